The average molecular weight is 396 g/mol. The largest absolute Gasteiger partial charge is 0.0713 e. The summed E-state index contributed by atoms with van der Waals surface area (Å²) in [4.78, 5) is 0. The van der Waals surface area contributed by atoms with Gasteiger partial charge in [0.25, 0.3) is 0 Å². The molecule has 1 radical (unpaired) electrons. The second-order valence-electron chi connectivity index (χ2n) is 11.5. The van der Waals surface area contributed by atoms with E-state index in [0.29, 0.717) is 0 Å². The summed E-state index contributed by atoms with van der Waals surface area (Å²) in [5.41, 5.74) is 2.20. The normalized spacial score (nSPS) is 40.2. The first kappa shape index (κ1) is 21.9. The van der Waals surface area contributed by atoms with Gasteiger partial charge in [-0.2, -0.15) is 0 Å². The molecule has 0 aliphatic heterocycles. The van der Waals surface area contributed by atoms with Crippen molar-refractivity contribution >= 4 is 24.0 Å². The molecule has 0 aromatic rings. The monoisotopic (exact) mass is 395 g/mol. The van der Waals surface area contributed by atoms with E-state index < -0.39 is 15.2 Å². The number of rotatable bonds is 6. The van der Waals surface area contributed by atoms with Crippen molar-refractivity contribution in [2.45, 2.75) is 110 Å². The molecule has 2 fully saturated rings. The summed E-state index contributed by atoms with van der Waals surface area (Å²) in [5.74, 6) is 4.87. The molecule has 0 heterocycles. The van der Waals surface area contributed by atoms with Crippen LogP contribution in [-0.4, -0.2) is 24.0 Å². The predicted octanol–water partition coefficient (Wildman–Crippen LogP) is 7.72. The van der Waals surface area contributed by atoms with Gasteiger partial charge in [0.05, 0.1) is 0 Å². The Hall–Kier alpha value is 0.651. The van der Waals surface area contributed by atoms with Crippen molar-refractivity contribution in [3.63, 3.8) is 0 Å². The Balaban J connectivity index is 2.12. The van der Waals surface area contributed by atoms with E-state index in [1.165, 1.54) is 0 Å². The molecule has 6 atom stereocenters. The highest BCUT2D eigenvalue weighted by Crippen LogP contribution is 2.58. The van der Waals surface area contributed by atoms with Gasteiger partial charge in [0.2, 0.25) is 0 Å². The highest BCUT2D eigenvalue weighted by molar-refractivity contribution is 7.41. The van der Waals surface area contributed by atoms with Gasteiger partial charge < -0.3 is 0 Å². The fraction of sp³-hybridized carbons (Fsp3) is 1.00. The molecular weight excluding hydrogens is 349 g/mol. The van der Waals surface area contributed by atoms with Crippen LogP contribution in [0.5, 0.6) is 0 Å². The molecule has 0 amide bonds. The first-order valence-electron chi connectivity index (χ1n) is 11.2. The van der Waals surface area contributed by atoms with Gasteiger partial charge in [-0.25, -0.2) is 0 Å². The zero-order chi connectivity index (χ0) is 19.2. The lowest BCUT2D eigenvalue weighted by atomic mass is 9.92. The zero-order valence-electron chi connectivity index (χ0n) is 19.1. The third kappa shape index (κ3) is 4.08. The van der Waals surface area contributed by atoms with Crippen LogP contribution in [-0.2, 0) is 0 Å². The molecule has 0 aromatic carbocycles. The van der Waals surface area contributed by atoms with Gasteiger partial charge in [-0.05, 0) is 40.7 Å². The minimum absolute atomic E-state index is 0.0214. The summed E-state index contributed by atoms with van der Waals surface area (Å²) >= 11 is 0. The quantitative estimate of drug-likeness (QED) is 0.404. The zero-order valence-corrected chi connectivity index (χ0v) is 22.1. The summed E-state index contributed by atoms with van der Waals surface area (Å²) in [7, 11) is -2.38. The Morgan fingerprint density at radius 2 is 1.28 bits per heavy atom. The highest BCUT2D eigenvalue weighted by Gasteiger charge is 2.57. The minimum atomic E-state index is -1.20. The molecule has 25 heavy (non-hydrogen) atoms. The molecule has 2 rings (SSSR count). The Labute approximate surface area is 163 Å². The molecule has 0 nitrogen and oxygen atoms in total. The topological polar surface area (TPSA) is 0 Å². The maximum atomic E-state index is 2.83. The van der Waals surface area contributed by atoms with Crippen LogP contribution in [0, 0.1) is 29.6 Å². The molecule has 2 saturated carbocycles. The predicted molar refractivity (Wildman–Crippen MR) is 123 cm³/mol. The van der Waals surface area contributed by atoms with Crippen LogP contribution in [0.3, 0.4) is 0 Å². The van der Waals surface area contributed by atoms with E-state index in [1.54, 1.807) is 31.7 Å². The standard InChI is InChI=1S/C22H47Si3/c1-16-17(2)19(4)22(18(16)3)25(9,10)24(7,8)21-12-11-20(15-21)13-14-23(5)6/h16-22H,11-15H2,1-10H3. The molecule has 6 unspecified atom stereocenters. The van der Waals surface area contributed by atoms with E-state index in [9.17, 15) is 0 Å². The molecule has 3 heteroatoms. The molecule has 0 spiro atoms. The van der Waals surface area contributed by atoms with E-state index in [2.05, 4.69) is 67.0 Å². The minimum Gasteiger partial charge on any atom is -0.0713 e. The van der Waals surface area contributed by atoms with Crippen molar-refractivity contribution in [1.29, 1.82) is 0 Å². The Bertz CT molecular complexity index is 429. The lowest BCUT2D eigenvalue weighted by Crippen LogP contribution is -2.61. The van der Waals surface area contributed by atoms with E-state index in [1.807, 2.05) is 0 Å². The molecule has 2 aliphatic rings. The first-order valence-corrected chi connectivity index (χ1v) is 21.1. The van der Waals surface area contributed by atoms with Gasteiger partial charge in [0.1, 0.15) is 0 Å². The lowest BCUT2D eigenvalue weighted by Gasteiger charge is -2.50. The second kappa shape index (κ2) is 7.95. The van der Waals surface area contributed by atoms with Crippen LogP contribution < -0.4 is 0 Å². The second-order valence-corrected chi connectivity index (χ2v) is 30.5. The summed E-state index contributed by atoms with van der Waals surface area (Å²) in [6.07, 6.45) is 6.29. The summed E-state index contributed by atoms with van der Waals surface area (Å²) in [5, 5.41) is 0. The Morgan fingerprint density at radius 1 is 0.760 bits per heavy atom. The van der Waals surface area contributed by atoms with Gasteiger partial charge in [0, 0.05) is 24.0 Å². The van der Waals surface area contributed by atoms with Crippen LogP contribution >= 0.6 is 0 Å². The molecule has 0 aromatic heterocycles. The molecule has 2 aliphatic carbocycles. The van der Waals surface area contributed by atoms with Gasteiger partial charge in [0.15, 0.2) is 0 Å². The van der Waals surface area contributed by atoms with E-state index in [-0.39, 0.29) is 8.80 Å². The maximum absolute atomic E-state index is 2.83. The van der Waals surface area contributed by atoms with Crippen LogP contribution in [0.25, 0.3) is 0 Å². The summed E-state index contributed by atoms with van der Waals surface area (Å²) < 4.78 is 0. The molecule has 0 bridgehead atoms. The van der Waals surface area contributed by atoms with Crippen molar-refractivity contribution in [2.24, 2.45) is 29.6 Å². The SMILES string of the molecule is CC1C(C)C(C)C([Si](C)(C)[Si](C)(C)C2CCC(CC[Si](C)C)C2)C1C. The first-order chi connectivity index (χ1) is 11.4. The van der Waals surface area contributed by atoms with Crippen molar-refractivity contribution in [3.8, 4) is 0 Å². The van der Waals surface area contributed by atoms with Crippen LogP contribution in [0.4, 0.5) is 0 Å². The van der Waals surface area contributed by atoms with Crippen LogP contribution in [0.2, 0.25) is 56.4 Å². The van der Waals surface area contributed by atoms with E-state index >= 15 is 0 Å². The lowest BCUT2D eigenvalue weighted by molar-refractivity contribution is 0.352. The molecular formula is C22H47Si3. The van der Waals surface area contributed by atoms with Crippen molar-refractivity contribution in [3.05, 3.63) is 0 Å². The molecule has 0 saturated heterocycles. The average Bonchev–Trinajstić information content (AvgIpc) is 3.06. The Morgan fingerprint density at radius 3 is 1.76 bits per heavy atom. The van der Waals surface area contributed by atoms with Crippen LogP contribution in [0.15, 0.2) is 0 Å². The summed E-state index contributed by atoms with van der Waals surface area (Å²) in [6, 6.07) is 1.55. The van der Waals surface area contributed by atoms with Crippen molar-refractivity contribution < 1.29 is 0 Å². The van der Waals surface area contributed by atoms with Gasteiger partial charge >= 0.3 is 0 Å². The smallest absolute Gasteiger partial charge is 0.0451 e. The highest BCUT2D eigenvalue weighted by atomic mass is 29.3. The number of hydrogen-bond acceptors (Lipinski definition) is 0. The van der Waals surface area contributed by atoms with Crippen molar-refractivity contribution in [2.75, 3.05) is 0 Å². The fourth-order valence-corrected chi connectivity index (χ4v) is 22.9. The van der Waals surface area contributed by atoms with E-state index in [4.69, 9.17) is 0 Å². The van der Waals surface area contributed by atoms with Gasteiger partial charge in [-0.1, -0.05) is 98.7 Å². The maximum Gasteiger partial charge on any atom is 0.0451 e. The van der Waals surface area contributed by atoms with Gasteiger partial charge in [-0.15, -0.1) is 0 Å². The van der Waals surface area contributed by atoms with Gasteiger partial charge in [-0.3, -0.25) is 0 Å². The molecule has 147 valence electrons. The van der Waals surface area contributed by atoms with E-state index in [0.717, 1.165) is 40.7 Å². The molecule has 0 N–H and O–H groups in total. The summed E-state index contributed by atoms with van der Waals surface area (Å²) in [6.45, 7) is 26.6. The fourth-order valence-electron chi connectivity index (χ4n) is 6.85. The number of hydrogen-bond donors (Lipinski definition) is 0. The van der Waals surface area contributed by atoms with Crippen LogP contribution in [0.1, 0.15) is 53.4 Å². The third-order valence-corrected chi connectivity index (χ3v) is 31.8. The third-order valence-electron chi connectivity index (χ3n) is 9.73. The Kier molecular flexibility index (Phi) is 6.98. The van der Waals surface area contributed by atoms with Crippen molar-refractivity contribution in [1.82, 2.24) is 0 Å².